The molecule has 0 fully saturated rings. The standard InChI is InChI=1S/C17H16N4O2S/c1-12-4-3-5-13(2)17(12)21-15(18-19-20-21)10-23-16(22)7-6-14-8-9-24-11-14/h3-9,11H,10H2,1-2H3/b7-6+. The lowest BCUT2D eigenvalue weighted by Crippen LogP contribution is -2.10. The van der Waals surface area contributed by atoms with Gasteiger partial charge in [0.25, 0.3) is 0 Å². The molecule has 122 valence electrons. The van der Waals surface area contributed by atoms with Gasteiger partial charge in [-0.1, -0.05) is 18.2 Å². The van der Waals surface area contributed by atoms with Gasteiger partial charge >= 0.3 is 5.97 Å². The number of hydrogen-bond acceptors (Lipinski definition) is 6. The van der Waals surface area contributed by atoms with E-state index in [1.165, 1.54) is 6.08 Å². The quantitative estimate of drug-likeness (QED) is 0.527. The molecular formula is C17H16N4O2S. The lowest BCUT2D eigenvalue weighted by Gasteiger charge is -2.10. The van der Waals surface area contributed by atoms with E-state index in [0.717, 1.165) is 22.4 Å². The molecule has 7 heteroatoms. The average molecular weight is 340 g/mol. The highest BCUT2D eigenvalue weighted by Gasteiger charge is 2.13. The van der Waals surface area contributed by atoms with Gasteiger partial charge in [-0.15, -0.1) is 5.10 Å². The third-order valence-electron chi connectivity index (χ3n) is 3.48. The number of rotatable bonds is 5. The molecule has 0 saturated carbocycles. The Morgan fingerprint density at radius 2 is 2.08 bits per heavy atom. The van der Waals surface area contributed by atoms with Gasteiger partial charge in [-0.25, -0.2) is 4.79 Å². The van der Waals surface area contributed by atoms with E-state index >= 15 is 0 Å². The third-order valence-corrected chi connectivity index (χ3v) is 4.19. The predicted molar refractivity (Wildman–Crippen MR) is 91.8 cm³/mol. The van der Waals surface area contributed by atoms with E-state index in [1.54, 1.807) is 22.1 Å². The molecule has 3 aromatic rings. The van der Waals surface area contributed by atoms with Gasteiger partial charge in [0.2, 0.25) is 0 Å². The number of para-hydroxylation sites is 1. The Bertz CT molecular complexity index is 848. The molecule has 0 bridgehead atoms. The average Bonchev–Trinajstić information content (AvgIpc) is 3.23. The summed E-state index contributed by atoms with van der Waals surface area (Å²) in [7, 11) is 0. The second-order valence-electron chi connectivity index (χ2n) is 5.25. The molecule has 0 spiro atoms. The van der Waals surface area contributed by atoms with Crippen LogP contribution in [0, 0.1) is 13.8 Å². The van der Waals surface area contributed by atoms with Crippen molar-refractivity contribution in [3.8, 4) is 5.69 Å². The van der Waals surface area contributed by atoms with E-state index < -0.39 is 5.97 Å². The molecule has 2 aromatic heterocycles. The summed E-state index contributed by atoms with van der Waals surface area (Å²) in [6, 6.07) is 7.89. The largest absolute Gasteiger partial charge is 0.454 e. The number of carbonyl (C=O) groups excluding carboxylic acids is 1. The number of tetrazole rings is 1. The van der Waals surface area contributed by atoms with Gasteiger partial charge in [-0.05, 0) is 63.9 Å². The number of aromatic nitrogens is 4. The van der Waals surface area contributed by atoms with Crippen molar-refractivity contribution in [3.05, 3.63) is 63.6 Å². The molecular weight excluding hydrogens is 324 g/mol. The van der Waals surface area contributed by atoms with Crippen molar-refractivity contribution >= 4 is 23.4 Å². The van der Waals surface area contributed by atoms with Crippen LogP contribution in [0.3, 0.4) is 0 Å². The van der Waals surface area contributed by atoms with E-state index in [4.69, 9.17) is 4.74 Å². The molecule has 0 N–H and O–H groups in total. The second-order valence-corrected chi connectivity index (χ2v) is 6.03. The molecule has 24 heavy (non-hydrogen) atoms. The molecule has 6 nitrogen and oxygen atoms in total. The highest BCUT2D eigenvalue weighted by Crippen LogP contribution is 2.18. The Balaban J connectivity index is 1.71. The van der Waals surface area contributed by atoms with Crippen molar-refractivity contribution in [2.75, 3.05) is 0 Å². The van der Waals surface area contributed by atoms with Gasteiger partial charge in [0.1, 0.15) is 0 Å². The highest BCUT2D eigenvalue weighted by molar-refractivity contribution is 7.08. The van der Waals surface area contributed by atoms with E-state index in [9.17, 15) is 4.79 Å². The first-order valence-corrected chi connectivity index (χ1v) is 8.30. The van der Waals surface area contributed by atoms with Crippen LogP contribution in [-0.2, 0) is 16.1 Å². The summed E-state index contributed by atoms with van der Waals surface area (Å²) in [4.78, 5) is 11.8. The molecule has 0 saturated heterocycles. The molecule has 1 aromatic carbocycles. The normalized spacial score (nSPS) is 11.1. The number of benzene rings is 1. The molecule has 0 atom stereocenters. The minimum Gasteiger partial charge on any atom is -0.454 e. The van der Waals surface area contributed by atoms with Gasteiger partial charge < -0.3 is 4.74 Å². The maximum absolute atomic E-state index is 11.8. The van der Waals surface area contributed by atoms with Gasteiger partial charge in [0.05, 0.1) is 5.69 Å². The summed E-state index contributed by atoms with van der Waals surface area (Å²) in [6.07, 6.45) is 3.11. The zero-order valence-corrected chi connectivity index (χ0v) is 14.2. The van der Waals surface area contributed by atoms with Crippen molar-refractivity contribution in [1.82, 2.24) is 20.2 Å². The van der Waals surface area contributed by atoms with Crippen LogP contribution in [0.15, 0.2) is 41.1 Å². The van der Waals surface area contributed by atoms with Gasteiger partial charge in [0, 0.05) is 6.08 Å². The zero-order chi connectivity index (χ0) is 16.9. The molecule has 0 amide bonds. The number of nitrogens with zero attached hydrogens (tertiary/aromatic N) is 4. The molecule has 3 rings (SSSR count). The monoisotopic (exact) mass is 340 g/mol. The van der Waals surface area contributed by atoms with Gasteiger partial charge in [-0.2, -0.15) is 16.0 Å². The zero-order valence-electron chi connectivity index (χ0n) is 13.3. The topological polar surface area (TPSA) is 69.9 Å². The van der Waals surface area contributed by atoms with Crippen molar-refractivity contribution < 1.29 is 9.53 Å². The molecule has 0 aliphatic heterocycles. The van der Waals surface area contributed by atoms with Gasteiger partial charge in [-0.3, -0.25) is 0 Å². The number of esters is 1. The van der Waals surface area contributed by atoms with Crippen LogP contribution >= 0.6 is 11.3 Å². The van der Waals surface area contributed by atoms with Crippen LogP contribution < -0.4 is 0 Å². The van der Waals surface area contributed by atoms with Crippen molar-refractivity contribution in [2.45, 2.75) is 20.5 Å². The first kappa shape index (κ1) is 16.1. The van der Waals surface area contributed by atoms with Crippen LogP contribution in [0.25, 0.3) is 11.8 Å². The summed E-state index contributed by atoms with van der Waals surface area (Å²) in [5.74, 6) is 0.0435. The van der Waals surface area contributed by atoms with Crippen LogP contribution in [0.4, 0.5) is 0 Å². The van der Waals surface area contributed by atoms with Crippen molar-refractivity contribution in [2.24, 2.45) is 0 Å². The summed E-state index contributed by atoms with van der Waals surface area (Å²) >= 11 is 1.57. The molecule has 0 aliphatic rings. The van der Waals surface area contributed by atoms with Gasteiger partial charge in [0.15, 0.2) is 12.4 Å². The fraction of sp³-hybridized carbons (Fsp3) is 0.176. The second kappa shape index (κ2) is 7.18. The predicted octanol–water partition coefficient (Wildman–Crippen LogP) is 3.10. The lowest BCUT2D eigenvalue weighted by molar-refractivity contribution is -0.139. The van der Waals surface area contributed by atoms with Crippen molar-refractivity contribution in [1.29, 1.82) is 0 Å². The summed E-state index contributed by atoms with van der Waals surface area (Å²) in [5.41, 5.74) is 3.97. The number of thiophene rings is 1. The summed E-state index contributed by atoms with van der Waals surface area (Å²) in [5, 5.41) is 15.6. The Labute approximate surface area is 143 Å². The number of hydrogen-bond donors (Lipinski definition) is 0. The van der Waals surface area contributed by atoms with E-state index in [0.29, 0.717) is 5.82 Å². The first-order chi connectivity index (χ1) is 11.6. The van der Waals surface area contributed by atoms with E-state index in [1.807, 2.05) is 48.9 Å². The van der Waals surface area contributed by atoms with E-state index in [-0.39, 0.29) is 6.61 Å². The molecule has 0 unspecified atom stereocenters. The lowest BCUT2D eigenvalue weighted by atomic mass is 10.1. The minimum atomic E-state index is -0.433. The highest BCUT2D eigenvalue weighted by atomic mass is 32.1. The van der Waals surface area contributed by atoms with Crippen LogP contribution in [0.1, 0.15) is 22.5 Å². The molecule has 0 radical (unpaired) electrons. The SMILES string of the molecule is Cc1cccc(C)c1-n1nnnc1COC(=O)/C=C/c1ccsc1. The smallest absolute Gasteiger partial charge is 0.331 e. The van der Waals surface area contributed by atoms with Crippen LogP contribution in [-0.4, -0.2) is 26.2 Å². The Hall–Kier alpha value is -2.80. The van der Waals surface area contributed by atoms with E-state index in [2.05, 4.69) is 15.5 Å². The molecule has 0 aliphatic carbocycles. The third kappa shape index (κ3) is 3.57. The number of aryl methyl sites for hydroxylation is 2. The Morgan fingerprint density at radius 3 is 2.79 bits per heavy atom. The van der Waals surface area contributed by atoms with Crippen LogP contribution in [0.2, 0.25) is 0 Å². The first-order valence-electron chi connectivity index (χ1n) is 7.36. The fourth-order valence-corrected chi connectivity index (χ4v) is 2.96. The van der Waals surface area contributed by atoms with Crippen molar-refractivity contribution in [3.63, 3.8) is 0 Å². The maximum Gasteiger partial charge on any atom is 0.331 e. The molecule has 2 heterocycles. The summed E-state index contributed by atoms with van der Waals surface area (Å²) in [6.45, 7) is 3.99. The summed E-state index contributed by atoms with van der Waals surface area (Å²) < 4.78 is 6.85. The Morgan fingerprint density at radius 1 is 1.29 bits per heavy atom. The Kier molecular flexibility index (Phi) is 4.81. The minimum absolute atomic E-state index is 0.00752. The number of ether oxygens (including phenoxy) is 1. The van der Waals surface area contributed by atoms with Crippen LogP contribution in [0.5, 0.6) is 0 Å². The fourth-order valence-electron chi connectivity index (χ4n) is 2.33. The maximum atomic E-state index is 11.8. The number of carbonyl (C=O) groups is 1.